The second-order valence-corrected chi connectivity index (χ2v) is 4.71. The molecule has 0 spiro atoms. The van der Waals surface area contributed by atoms with E-state index in [1.54, 1.807) is 4.90 Å². The van der Waals surface area contributed by atoms with Gasteiger partial charge in [-0.25, -0.2) is 0 Å². The number of nitrogens with zero attached hydrogens (tertiary/aromatic N) is 2. The molecule has 0 aliphatic carbocycles. The van der Waals surface area contributed by atoms with E-state index in [2.05, 4.69) is 5.16 Å². The molecule has 0 bridgehead atoms. The molecule has 1 atom stereocenters. The standard InChI is InChI=1S/C11H20F3N3O3/c12-11(13,14)9(10(15)16-19)7-17-3-1-8(2-4-17)20-6-5-18/h8-9,18-19H,1-7H2,(H2,15,16). The Kier molecular flexibility index (Phi) is 6.50. The SMILES string of the molecule is NC(=NO)C(CN1CCC(OCCO)CC1)C(F)(F)F. The summed E-state index contributed by atoms with van der Waals surface area (Å²) in [5.74, 6) is -2.79. The van der Waals surface area contributed by atoms with E-state index in [1.807, 2.05) is 0 Å². The van der Waals surface area contributed by atoms with Crippen molar-refractivity contribution in [2.75, 3.05) is 32.8 Å². The molecule has 0 amide bonds. The van der Waals surface area contributed by atoms with Gasteiger partial charge in [-0.2, -0.15) is 13.2 Å². The zero-order valence-corrected chi connectivity index (χ0v) is 11.0. The molecule has 1 heterocycles. The maximum Gasteiger partial charge on any atom is 0.400 e. The third-order valence-corrected chi connectivity index (χ3v) is 3.29. The fraction of sp³-hybridized carbons (Fsp3) is 0.909. The Morgan fingerprint density at radius 3 is 2.45 bits per heavy atom. The van der Waals surface area contributed by atoms with Crippen LogP contribution in [0.25, 0.3) is 0 Å². The highest BCUT2D eigenvalue weighted by atomic mass is 19.4. The van der Waals surface area contributed by atoms with Gasteiger partial charge < -0.3 is 25.7 Å². The average molecular weight is 299 g/mol. The summed E-state index contributed by atoms with van der Waals surface area (Å²) in [5, 5.41) is 19.5. The van der Waals surface area contributed by atoms with Gasteiger partial charge in [0, 0.05) is 19.6 Å². The maximum atomic E-state index is 12.8. The first-order valence-electron chi connectivity index (χ1n) is 6.37. The van der Waals surface area contributed by atoms with Crippen LogP contribution in [0.5, 0.6) is 0 Å². The van der Waals surface area contributed by atoms with Crippen LogP contribution in [-0.4, -0.2) is 66.2 Å². The van der Waals surface area contributed by atoms with Gasteiger partial charge in [0.1, 0.15) is 5.92 Å². The summed E-state index contributed by atoms with van der Waals surface area (Å²) < 4.78 is 43.7. The van der Waals surface area contributed by atoms with Crippen molar-refractivity contribution >= 4 is 5.84 Å². The van der Waals surface area contributed by atoms with Gasteiger partial charge in [-0.15, -0.1) is 0 Å². The van der Waals surface area contributed by atoms with E-state index in [0.29, 0.717) is 25.9 Å². The number of hydrogen-bond donors (Lipinski definition) is 3. The van der Waals surface area contributed by atoms with Gasteiger partial charge in [0.05, 0.1) is 19.3 Å². The lowest BCUT2D eigenvalue weighted by Gasteiger charge is -2.34. The Morgan fingerprint density at radius 1 is 1.40 bits per heavy atom. The molecule has 1 rings (SSSR count). The molecule has 0 saturated carbocycles. The number of aliphatic hydroxyl groups excluding tert-OH is 1. The highest BCUT2D eigenvalue weighted by Crippen LogP contribution is 2.28. The normalized spacial score (nSPS) is 21.1. The fourth-order valence-corrected chi connectivity index (χ4v) is 2.17. The lowest BCUT2D eigenvalue weighted by atomic mass is 10.0. The van der Waals surface area contributed by atoms with Gasteiger partial charge in [-0.3, -0.25) is 0 Å². The van der Waals surface area contributed by atoms with Gasteiger partial charge in [0.2, 0.25) is 0 Å². The first-order chi connectivity index (χ1) is 9.38. The molecule has 0 aromatic heterocycles. The second-order valence-electron chi connectivity index (χ2n) is 4.71. The molecule has 1 unspecified atom stereocenters. The predicted molar refractivity (Wildman–Crippen MR) is 65.5 cm³/mol. The summed E-state index contributed by atoms with van der Waals surface area (Å²) in [6.45, 7) is 0.731. The number of oxime groups is 1. The highest BCUT2D eigenvalue weighted by Gasteiger charge is 2.44. The second kappa shape index (κ2) is 7.65. The molecule has 20 heavy (non-hydrogen) atoms. The summed E-state index contributed by atoms with van der Waals surface area (Å²) >= 11 is 0. The van der Waals surface area contributed by atoms with E-state index in [-0.39, 0.29) is 25.9 Å². The van der Waals surface area contributed by atoms with Crippen molar-refractivity contribution in [3.05, 3.63) is 0 Å². The summed E-state index contributed by atoms with van der Waals surface area (Å²) in [6.07, 6.45) is -3.38. The van der Waals surface area contributed by atoms with Crippen LogP contribution in [0.3, 0.4) is 0 Å². The number of alkyl halides is 3. The Labute approximate surface area is 115 Å². The first kappa shape index (κ1) is 17.0. The predicted octanol–water partition coefficient (Wildman–Crippen LogP) is 0.385. The smallest absolute Gasteiger partial charge is 0.400 e. The molecule has 1 aliphatic rings. The maximum absolute atomic E-state index is 12.8. The molecule has 1 fully saturated rings. The molecule has 1 aliphatic heterocycles. The molecule has 118 valence electrons. The molecule has 4 N–H and O–H groups in total. The Balaban J connectivity index is 2.48. The van der Waals surface area contributed by atoms with Crippen LogP contribution in [0, 0.1) is 5.92 Å². The van der Waals surface area contributed by atoms with Crippen LogP contribution in [-0.2, 0) is 4.74 Å². The molecule has 0 aromatic carbocycles. The largest absolute Gasteiger partial charge is 0.409 e. The number of ether oxygens (including phenoxy) is 1. The lowest BCUT2D eigenvalue weighted by molar-refractivity contribution is -0.161. The molecule has 9 heteroatoms. The van der Waals surface area contributed by atoms with Crippen molar-refractivity contribution in [1.82, 2.24) is 4.90 Å². The molecule has 1 saturated heterocycles. The van der Waals surface area contributed by atoms with E-state index < -0.39 is 17.9 Å². The zero-order chi connectivity index (χ0) is 15.2. The van der Waals surface area contributed by atoms with Crippen molar-refractivity contribution < 1.29 is 28.2 Å². The third kappa shape index (κ3) is 5.14. The van der Waals surface area contributed by atoms with Gasteiger partial charge in [0.15, 0.2) is 5.84 Å². The molecular weight excluding hydrogens is 279 g/mol. The van der Waals surface area contributed by atoms with Gasteiger partial charge >= 0.3 is 6.18 Å². The van der Waals surface area contributed by atoms with Crippen LogP contribution >= 0.6 is 0 Å². The summed E-state index contributed by atoms with van der Waals surface area (Å²) in [5.41, 5.74) is 5.11. The van der Waals surface area contributed by atoms with Crippen LogP contribution in [0.1, 0.15) is 12.8 Å². The monoisotopic (exact) mass is 299 g/mol. The van der Waals surface area contributed by atoms with Gasteiger partial charge in [0.25, 0.3) is 0 Å². The van der Waals surface area contributed by atoms with E-state index in [4.69, 9.17) is 20.8 Å². The Morgan fingerprint density at radius 2 is 2.00 bits per heavy atom. The zero-order valence-electron chi connectivity index (χ0n) is 11.0. The molecule has 6 nitrogen and oxygen atoms in total. The van der Waals surface area contributed by atoms with Crippen molar-refractivity contribution in [1.29, 1.82) is 0 Å². The molecule has 0 aromatic rings. The van der Waals surface area contributed by atoms with Crippen molar-refractivity contribution in [3.63, 3.8) is 0 Å². The minimum atomic E-state index is -4.54. The van der Waals surface area contributed by atoms with Crippen molar-refractivity contribution in [2.45, 2.75) is 25.1 Å². The Bertz CT molecular complexity index is 318. The summed E-state index contributed by atoms with van der Waals surface area (Å²) in [4.78, 5) is 1.62. The van der Waals surface area contributed by atoms with E-state index >= 15 is 0 Å². The lowest BCUT2D eigenvalue weighted by Crippen LogP contribution is -2.47. The minimum Gasteiger partial charge on any atom is -0.409 e. The van der Waals surface area contributed by atoms with E-state index in [9.17, 15) is 13.2 Å². The van der Waals surface area contributed by atoms with Crippen LogP contribution < -0.4 is 5.73 Å². The number of halogens is 3. The number of hydrogen-bond acceptors (Lipinski definition) is 5. The first-order valence-corrected chi connectivity index (χ1v) is 6.37. The molecular formula is C11H20F3N3O3. The van der Waals surface area contributed by atoms with Crippen LogP contribution in [0.15, 0.2) is 5.16 Å². The summed E-state index contributed by atoms with van der Waals surface area (Å²) in [7, 11) is 0. The number of amidine groups is 1. The highest BCUT2D eigenvalue weighted by molar-refractivity contribution is 5.83. The number of piperidine rings is 1. The third-order valence-electron chi connectivity index (χ3n) is 3.29. The number of rotatable bonds is 6. The van der Waals surface area contributed by atoms with E-state index in [1.165, 1.54) is 0 Å². The number of likely N-dealkylation sites (tertiary alicyclic amines) is 1. The van der Waals surface area contributed by atoms with E-state index in [0.717, 1.165) is 0 Å². The Hall–Kier alpha value is -1.06. The average Bonchev–Trinajstić information content (AvgIpc) is 2.41. The van der Waals surface area contributed by atoms with Crippen molar-refractivity contribution in [3.8, 4) is 0 Å². The number of aliphatic hydroxyl groups is 1. The topological polar surface area (TPSA) is 91.3 Å². The summed E-state index contributed by atoms with van der Waals surface area (Å²) in [6, 6.07) is 0. The van der Waals surface area contributed by atoms with Crippen LogP contribution in [0.2, 0.25) is 0 Å². The number of nitrogens with two attached hydrogens (primary N) is 1. The minimum absolute atomic E-state index is 0.0356. The van der Waals surface area contributed by atoms with Gasteiger partial charge in [-0.1, -0.05) is 5.16 Å². The molecule has 0 radical (unpaired) electrons. The fourth-order valence-electron chi connectivity index (χ4n) is 2.17. The quantitative estimate of drug-likeness (QED) is 0.285. The van der Waals surface area contributed by atoms with Gasteiger partial charge in [-0.05, 0) is 12.8 Å². The van der Waals surface area contributed by atoms with Crippen molar-refractivity contribution in [2.24, 2.45) is 16.8 Å². The van der Waals surface area contributed by atoms with Crippen LogP contribution in [0.4, 0.5) is 13.2 Å².